The summed E-state index contributed by atoms with van der Waals surface area (Å²) in [5.74, 6) is 1.15. The SMILES string of the molecule is CC1(CC2CC2)C[C@@H](N)c2ccc(F)cc2O1. The van der Waals surface area contributed by atoms with E-state index in [1.165, 1.54) is 25.0 Å². The van der Waals surface area contributed by atoms with Crippen molar-refractivity contribution < 1.29 is 9.13 Å². The second kappa shape index (κ2) is 3.70. The average Bonchev–Trinajstić information content (AvgIpc) is 2.99. The molecule has 2 N–H and O–H groups in total. The number of halogens is 1. The van der Waals surface area contributed by atoms with E-state index in [1.807, 2.05) is 0 Å². The lowest BCUT2D eigenvalue weighted by atomic mass is 9.85. The van der Waals surface area contributed by atoms with Crippen molar-refractivity contribution in [1.29, 1.82) is 0 Å². The topological polar surface area (TPSA) is 35.2 Å². The molecule has 1 aliphatic heterocycles. The molecule has 3 heteroatoms. The predicted octanol–water partition coefficient (Wildman–Crippen LogP) is 3.17. The van der Waals surface area contributed by atoms with E-state index in [1.54, 1.807) is 6.07 Å². The van der Waals surface area contributed by atoms with Crippen LogP contribution in [0.4, 0.5) is 4.39 Å². The molecule has 2 nitrogen and oxygen atoms in total. The first kappa shape index (κ1) is 11.0. The molecular weight excluding hydrogens is 217 g/mol. The fourth-order valence-electron chi connectivity index (χ4n) is 2.84. The van der Waals surface area contributed by atoms with Crippen LogP contribution in [-0.2, 0) is 0 Å². The highest BCUT2D eigenvalue weighted by molar-refractivity contribution is 5.39. The molecule has 0 bridgehead atoms. The zero-order chi connectivity index (χ0) is 12.0. The molecule has 17 heavy (non-hydrogen) atoms. The minimum Gasteiger partial charge on any atom is -0.487 e. The Bertz CT molecular complexity index is 444. The lowest BCUT2D eigenvalue weighted by molar-refractivity contribution is 0.0398. The van der Waals surface area contributed by atoms with E-state index < -0.39 is 0 Å². The van der Waals surface area contributed by atoms with Gasteiger partial charge in [-0.3, -0.25) is 0 Å². The smallest absolute Gasteiger partial charge is 0.127 e. The molecule has 0 amide bonds. The summed E-state index contributed by atoms with van der Waals surface area (Å²) in [5, 5.41) is 0. The summed E-state index contributed by atoms with van der Waals surface area (Å²) in [5.41, 5.74) is 6.88. The number of benzene rings is 1. The van der Waals surface area contributed by atoms with Crippen molar-refractivity contribution in [3.05, 3.63) is 29.6 Å². The highest BCUT2D eigenvalue weighted by atomic mass is 19.1. The monoisotopic (exact) mass is 235 g/mol. The van der Waals surface area contributed by atoms with Crippen LogP contribution in [0.3, 0.4) is 0 Å². The second-order valence-electron chi connectivity index (χ2n) is 5.69. The van der Waals surface area contributed by atoms with Crippen LogP contribution in [0.25, 0.3) is 0 Å². The van der Waals surface area contributed by atoms with Gasteiger partial charge in [0.1, 0.15) is 17.2 Å². The average molecular weight is 235 g/mol. The molecule has 0 radical (unpaired) electrons. The third kappa shape index (κ3) is 2.16. The molecule has 3 rings (SSSR count). The van der Waals surface area contributed by atoms with Gasteiger partial charge in [0.25, 0.3) is 0 Å². The Kier molecular flexibility index (Phi) is 2.40. The summed E-state index contributed by atoms with van der Waals surface area (Å²) in [4.78, 5) is 0. The van der Waals surface area contributed by atoms with Crippen LogP contribution in [0.2, 0.25) is 0 Å². The Hall–Kier alpha value is -1.09. The van der Waals surface area contributed by atoms with Crippen LogP contribution >= 0.6 is 0 Å². The van der Waals surface area contributed by atoms with Crippen molar-refractivity contribution in [2.75, 3.05) is 0 Å². The third-order valence-electron chi connectivity index (χ3n) is 3.80. The molecule has 1 aromatic carbocycles. The van der Waals surface area contributed by atoms with Gasteiger partial charge in [0.15, 0.2) is 0 Å². The molecule has 0 spiro atoms. The first-order chi connectivity index (χ1) is 8.06. The van der Waals surface area contributed by atoms with Crippen molar-refractivity contribution in [2.45, 2.75) is 44.2 Å². The van der Waals surface area contributed by atoms with Gasteiger partial charge >= 0.3 is 0 Å². The van der Waals surface area contributed by atoms with Crippen LogP contribution in [0.1, 0.15) is 44.2 Å². The highest BCUT2D eigenvalue weighted by Gasteiger charge is 2.40. The number of ether oxygens (including phenoxy) is 1. The molecule has 1 fully saturated rings. The van der Waals surface area contributed by atoms with Crippen molar-refractivity contribution in [3.8, 4) is 5.75 Å². The maximum Gasteiger partial charge on any atom is 0.127 e. The standard InChI is InChI=1S/C14H18FNO/c1-14(7-9-2-3-9)8-12(16)11-5-4-10(15)6-13(11)17-14/h4-6,9,12H,2-3,7-8,16H2,1H3/t12-,14?/m1/s1. The van der Waals surface area contributed by atoms with E-state index in [0.29, 0.717) is 5.75 Å². The van der Waals surface area contributed by atoms with E-state index in [-0.39, 0.29) is 17.5 Å². The van der Waals surface area contributed by atoms with E-state index in [0.717, 1.165) is 24.3 Å². The van der Waals surface area contributed by atoms with Crippen LogP contribution in [0, 0.1) is 11.7 Å². The summed E-state index contributed by atoms with van der Waals surface area (Å²) < 4.78 is 19.2. The fourth-order valence-corrected chi connectivity index (χ4v) is 2.84. The van der Waals surface area contributed by atoms with Gasteiger partial charge in [-0.05, 0) is 25.3 Å². The van der Waals surface area contributed by atoms with Crippen molar-refractivity contribution in [1.82, 2.24) is 0 Å². The van der Waals surface area contributed by atoms with Gasteiger partial charge in [0, 0.05) is 24.1 Å². The summed E-state index contributed by atoms with van der Waals surface area (Å²) in [6.07, 6.45) is 4.45. The maximum atomic E-state index is 13.2. The Morgan fingerprint density at radius 1 is 1.47 bits per heavy atom. The zero-order valence-electron chi connectivity index (χ0n) is 10.1. The van der Waals surface area contributed by atoms with Gasteiger partial charge < -0.3 is 10.5 Å². The van der Waals surface area contributed by atoms with Gasteiger partial charge in [-0.2, -0.15) is 0 Å². The Morgan fingerprint density at radius 3 is 2.94 bits per heavy atom. The predicted molar refractivity (Wildman–Crippen MR) is 64.3 cm³/mol. The van der Waals surface area contributed by atoms with Crippen molar-refractivity contribution in [2.24, 2.45) is 11.7 Å². The molecule has 0 aromatic heterocycles. The first-order valence-corrected chi connectivity index (χ1v) is 6.30. The second-order valence-corrected chi connectivity index (χ2v) is 5.69. The summed E-state index contributed by atoms with van der Waals surface area (Å²) >= 11 is 0. The highest BCUT2D eigenvalue weighted by Crippen LogP contribution is 2.45. The van der Waals surface area contributed by atoms with Gasteiger partial charge in [-0.25, -0.2) is 4.39 Å². The number of rotatable bonds is 2. The maximum absolute atomic E-state index is 13.2. The van der Waals surface area contributed by atoms with E-state index >= 15 is 0 Å². The molecule has 1 aliphatic carbocycles. The molecule has 92 valence electrons. The molecule has 1 unspecified atom stereocenters. The Labute approximate surface area is 101 Å². The van der Waals surface area contributed by atoms with Gasteiger partial charge in [0.2, 0.25) is 0 Å². The van der Waals surface area contributed by atoms with Crippen LogP contribution < -0.4 is 10.5 Å². The molecule has 2 aliphatic rings. The van der Waals surface area contributed by atoms with Gasteiger partial charge in [0.05, 0.1) is 0 Å². The van der Waals surface area contributed by atoms with E-state index in [4.69, 9.17) is 10.5 Å². The van der Waals surface area contributed by atoms with E-state index in [9.17, 15) is 4.39 Å². The molecular formula is C14H18FNO. The molecule has 1 heterocycles. The Balaban J connectivity index is 1.89. The quantitative estimate of drug-likeness (QED) is 0.854. The fraction of sp³-hybridized carbons (Fsp3) is 0.571. The first-order valence-electron chi connectivity index (χ1n) is 6.30. The molecule has 1 aromatic rings. The molecule has 1 saturated carbocycles. The van der Waals surface area contributed by atoms with Crippen LogP contribution in [0.5, 0.6) is 5.75 Å². The third-order valence-corrected chi connectivity index (χ3v) is 3.80. The minimum atomic E-state index is -0.258. The lowest BCUT2D eigenvalue weighted by Gasteiger charge is -2.39. The minimum absolute atomic E-state index is 0.0388. The lowest BCUT2D eigenvalue weighted by Crippen LogP contribution is -2.40. The number of nitrogens with two attached hydrogens (primary N) is 1. The van der Waals surface area contributed by atoms with Crippen LogP contribution in [0.15, 0.2) is 18.2 Å². The number of hydrogen-bond donors (Lipinski definition) is 1. The largest absolute Gasteiger partial charge is 0.487 e. The van der Waals surface area contributed by atoms with Gasteiger partial charge in [-0.1, -0.05) is 18.9 Å². The van der Waals surface area contributed by atoms with E-state index in [2.05, 4.69) is 6.92 Å². The number of hydrogen-bond acceptors (Lipinski definition) is 2. The summed E-state index contributed by atoms with van der Waals surface area (Å²) in [6.45, 7) is 2.10. The summed E-state index contributed by atoms with van der Waals surface area (Å²) in [7, 11) is 0. The summed E-state index contributed by atoms with van der Waals surface area (Å²) in [6, 6.07) is 4.61. The Morgan fingerprint density at radius 2 is 2.24 bits per heavy atom. The van der Waals surface area contributed by atoms with Crippen molar-refractivity contribution in [3.63, 3.8) is 0 Å². The van der Waals surface area contributed by atoms with Crippen LogP contribution in [-0.4, -0.2) is 5.60 Å². The number of fused-ring (bicyclic) bond motifs is 1. The van der Waals surface area contributed by atoms with Crippen molar-refractivity contribution >= 4 is 0 Å². The molecule has 0 saturated heterocycles. The van der Waals surface area contributed by atoms with Gasteiger partial charge in [-0.15, -0.1) is 0 Å². The normalized spacial score (nSPS) is 31.8. The zero-order valence-corrected chi connectivity index (χ0v) is 10.1. The molecule has 2 atom stereocenters.